The van der Waals surface area contributed by atoms with Crippen molar-refractivity contribution < 1.29 is 19.7 Å². The van der Waals surface area contributed by atoms with Crippen LogP contribution >= 0.6 is 0 Å². The van der Waals surface area contributed by atoms with Crippen LogP contribution in [-0.2, 0) is 17.6 Å². The predicted molar refractivity (Wildman–Crippen MR) is 92.0 cm³/mol. The second-order valence-electron chi connectivity index (χ2n) is 5.75. The Bertz CT molecular complexity index is 672. The molecule has 2 aromatic rings. The molecule has 5 heteroatoms. The minimum absolute atomic E-state index is 0.333. The van der Waals surface area contributed by atoms with Gasteiger partial charge in [-0.15, -0.1) is 0 Å². The highest BCUT2D eigenvalue weighted by Crippen LogP contribution is 2.28. The Balaban J connectivity index is 0.000000177. The molecule has 1 aliphatic rings. The molecule has 0 fully saturated rings. The number of methoxy groups -OCH3 is 1. The Morgan fingerprint density at radius 1 is 1.21 bits per heavy atom. The summed E-state index contributed by atoms with van der Waals surface area (Å²) >= 11 is 0. The van der Waals surface area contributed by atoms with Gasteiger partial charge in [0.25, 0.3) is 0 Å². The van der Waals surface area contributed by atoms with Crippen LogP contribution in [0.3, 0.4) is 0 Å². The van der Waals surface area contributed by atoms with Gasteiger partial charge in [-0.05, 0) is 42.0 Å². The summed E-state index contributed by atoms with van der Waals surface area (Å²) in [5.41, 5.74) is 9.02. The fourth-order valence-corrected chi connectivity index (χ4v) is 2.77. The van der Waals surface area contributed by atoms with Crippen molar-refractivity contribution in [3.63, 3.8) is 0 Å². The van der Waals surface area contributed by atoms with E-state index in [9.17, 15) is 4.79 Å². The van der Waals surface area contributed by atoms with Gasteiger partial charge in [0.15, 0.2) is 6.10 Å². The number of hydrogen-bond donors (Lipinski definition) is 3. The average Bonchev–Trinajstić information content (AvgIpc) is 2.61. The van der Waals surface area contributed by atoms with Crippen LogP contribution in [0, 0.1) is 0 Å². The number of nitrogens with two attached hydrogens (primary N) is 1. The number of carboxylic acids is 1. The molecular weight excluding hydrogens is 306 g/mol. The number of aliphatic carboxylic acids is 1. The highest BCUT2D eigenvalue weighted by molar-refractivity contribution is 5.73. The molecule has 5 nitrogen and oxygen atoms in total. The molecule has 1 aliphatic carbocycles. The zero-order valence-corrected chi connectivity index (χ0v) is 13.7. The summed E-state index contributed by atoms with van der Waals surface area (Å²) in [4.78, 5) is 10.2. The lowest BCUT2D eigenvalue weighted by Crippen LogP contribution is -2.27. The fourth-order valence-electron chi connectivity index (χ4n) is 2.77. The van der Waals surface area contributed by atoms with E-state index in [-0.39, 0.29) is 0 Å². The van der Waals surface area contributed by atoms with Gasteiger partial charge >= 0.3 is 5.97 Å². The molecule has 128 valence electrons. The first-order chi connectivity index (χ1) is 11.5. The zero-order chi connectivity index (χ0) is 17.5. The highest BCUT2D eigenvalue weighted by Gasteiger charge is 2.18. The summed E-state index contributed by atoms with van der Waals surface area (Å²) in [5, 5.41) is 17.4. The molecule has 0 aliphatic heterocycles. The first kappa shape index (κ1) is 18.0. The Morgan fingerprint density at radius 2 is 1.92 bits per heavy atom. The third-order valence-electron chi connectivity index (χ3n) is 4.05. The predicted octanol–water partition coefficient (Wildman–Crippen LogP) is 2.32. The summed E-state index contributed by atoms with van der Waals surface area (Å²) in [5.74, 6) is -0.208. The first-order valence-electron chi connectivity index (χ1n) is 7.89. The number of ether oxygens (including phenoxy) is 1. The third-order valence-corrected chi connectivity index (χ3v) is 4.05. The van der Waals surface area contributed by atoms with E-state index >= 15 is 0 Å². The van der Waals surface area contributed by atoms with Gasteiger partial charge in [-0.25, -0.2) is 4.79 Å². The van der Waals surface area contributed by atoms with E-state index < -0.39 is 12.1 Å². The molecule has 0 spiro atoms. The minimum Gasteiger partial charge on any atom is -0.496 e. The number of hydrogen-bond acceptors (Lipinski definition) is 4. The monoisotopic (exact) mass is 329 g/mol. The van der Waals surface area contributed by atoms with Crippen molar-refractivity contribution in [3.05, 3.63) is 65.2 Å². The number of aliphatic hydroxyl groups is 1. The summed E-state index contributed by atoms with van der Waals surface area (Å²) in [6, 6.07) is 14.8. The molecule has 0 aromatic heterocycles. The highest BCUT2D eigenvalue weighted by atomic mass is 16.5. The van der Waals surface area contributed by atoms with Crippen LogP contribution in [0.15, 0.2) is 48.5 Å². The van der Waals surface area contributed by atoms with Crippen LogP contribution in [0.25, 0.3) is 0 Å². The van der Waals surface area contributed by atoms with E-state index in [4.69, 9.17) is 20.7 Å². The molecule has 2 atom stereocenters. The van der Waals surface area contributed by atoms with E-state index in [2.05, 4.69) is 6.07 Å². The van der Waals surface area contributed by atoms with Crippen LogP contribution < -0.4 is 10.5 Å². The fraction of sp³-hybridized carbons (Fsp3) is 0.316. The van der Waals surface area contributed by atoms with E-state index in [0.29, 0.717) is 11.6 Å². The van der Waals surface area contributed by atoms with E-state index in [1.165, 1.54) is 11.1 Å². The van der Waals surface area contributed by atoms with Crippen molar-refractivity contribution >= 4 is 5.97 Å². The number of carbonyl (C=O) groups is 1. The summed E-state index contributed by atoms with van der Waals surface area (Å²) in [6.07, 6.45) is 1.72. The molecule has 0 radical (unpaired) electrons. The number of fused-ring (bicyclic) bond motifs is 1. The van der Waals surface area contributed by atoms with Crippen molar-refractivity contribution in [2.45, 2.75) is 31.4 Å². The molecule has 0 saturated heterocycles. The molecule has 0 amide bonds. The lowest BCUT2D eigenvalue weighted by molar-refractivity contribution is -0.146. The van der Waals surface area contributed by atoms with Crippen molar-refractivity contribution in [2.75, 3.05) is 7.11 Å². The third kappa shape index (κ3) is 4.57. The smallest absolute Gasteiger partial charge is 0.337 e. The van der Waals surface area contributed by atoms with Crippen LogP contribution in [0.4, 0.5) is 0 Å². The number of benzene rings is 2. The van der Waals surface area contributed by atoms with Gasteiger partial charge in [0.1, 0.15) is 5.75 Å². The van der Waals surface area contributed by atoms with Crippen LogP contribution in [-0.4, -0.2) is 29.3 Å². The van der Waals surface area contributed by atoms with Gasteiger partial charge in [0, 0.05) is 6.04 Å². The number of aliphatic hydroxyl groups excluding tert-OH is 1. The molecule has 4 N–H and O–H groups in total. The number of rotatable bonds is 3. The minimum atomic E-state index is -1.41. The summed E-state index contributed by atoms with van der Waals surface area (Å²) < 4.78 is 5.31. The average molecular weight is 329 g/mol. The second-order valence-corrected chi connectivity index (χ2v) is 5.75. The maximum Gasteiger partial charge on any atom is 0.337 e. The largest absolute Gasteiger partial charge is 0.496 e. The molecule has 1 unspecified atom stereocenters. The van der Waals surface area contributed by atoms with Crippen molar-refractivity contribution in [1.29, 1.82) is 0 Å². The van der Waals surface area contributed by atoms with Gasteiger partial charge in [-0.2, -0.15) is 0 Å². The molecule has 24 heavy (non-hydrogen) atoms. The summed E-state index contributed by atoms with van der Waals surface area (Å²) in [7, 11) is 1.73. The van der Waals surface area contributed by atoms with Gasteiger partial charge in [0.05, 0.1) is 7.11 Å². The van der Waals surface area contributed by atoms with E-state index in [1.807, 2.05) is 12.1 Å². The van der Waals surface area contributed by atoms with Crippen molar-refractivity contribution in [3.8, 4) is 5.75 Å². The van der Waals surface area contributed by atoms with Crippen LogP contribution in [0.1, 0.15) is 29.2 Å². The Hall–Kier alpha value is -2.37. The maximum absolute atomic E-state index is 10.2. The number of carboxylic acid groups (broad SMARTS) is 1. The van der Waals surface area contributed by atoms with Gasteiger partial charge < -0.3 is 20.7 Å². The maximum atomic E-state index is 10.2. The van der Waals surface area contributed by atoms with Gasteiger partial charge in [-0.3, -0.25) is 0 Å². The van der Waals surface area contributed by atoms with Crippen LogP contribution in [0.5, 0.6) is 5.75 Å². The van der Waals surface area contributed by atoms with Crippen LogP contribution in [0.2, 0.25) is 0 Å². The van der Waals surface area contributed by atoms with Crippen molar-refractivity contribution in [1.82, 2.24) is 0 Å². The Kier molecular flexibility index (Phi) is 6.35. The lowest BCUT2D eigenvalue weighted by Gasteiger charge is -2.22. The molecule has 3 rings (SSSR count). The van der Waals surface area contributed by atoms with E-state index in [0.717, 1.165) is 25.0 Å². The van der Waals surface area contributed by atoms with Gasteiger partial charge in [0.2, 0.25) is 0 Å². The Morgan fingerprint density at radius 3 is 2.54 bits per heavy atom. The first-order valence-corrected chi connectivity index (χ1v) is 7.89. The molecule has 2 aromatic carbocycles. The Labute approximate surface area is 141 Å². The van der Waals surface area contributed by atoms with Gasteiger partial charge in [-0.1, -0.05) is 42.5 Å². The molecular formula is C19H23NO4. The molecule has 0 heterocycles. The quantitative estimate of drug-likeness (QED) is 0.803. The standard InChI is InChI=1S/C11H15NO.C8H8O3/c1-13-11-4-2-3-8-7-9(12)5-6-10(8)11;9-7(8(10)11)6-4-2-1-3-5-6/h2-4,9H,5-7,12H2,1H3;1-5,7,9H,(H,10,11)/t9-;/m0./s1. The topological polar surface area (TPSA) is 92.8 Å². The molecule has 0 bridgehead atoms. The summed E-state index contributed by atoms with van der Waals surface area (Å²) in [6.45, 7) is 0. The second kappa shape index (κ2) is 8.47. The van der Waals surface area contributed by atoms with Crippen molar-refractivity contribution in [2.24, 2.45) is 5.73 Å². The molecule has 0 saturated carbocycles. The zero-order valence-electron chi connectivity index (χ0n) is 13.7. The lowest BCUT2D eigenvalue weighted by atomic mass is 9.88. The SMILES string of the molecule is COc1cccc2c1CC[C@H](N)C2.O=C(O)C(O)c1ccccc1. The normalized spacial score (nSPS) is 17.0. The van der Waals surface area contributed by atoms with E-state index in [1.54, 1.807) is 37.4 Å².